The maximum Gasteiger partial charge on any atom is 0.132 e. The van der Waals surface area contributed by atoms with E-state index in [1.807, 2.05) is 0 Å². The number of aliphatic hydroxyl groups is 1. The monoisotopic (exact) mass is 228 g/mol. The number of nitrogens with one attached hydrogen (secondary N) is 1. The second kappa shape index (κ2) is 4.34. The minimum Gasteiger partial charge on any atom is -0.388 e. The Hall–Kier alpha value is -1.61. The molecule has 0 spiro atoms. The summed E-state index contributed by atoms with van der Waals surface area (Å²) in [6.07, 6.45) is 6.78. The summed E-state index contributed by atoms with van der Waals surface area (Å²) in [7, 11) is 0. The molecular weight excluding hydrogens is 212 g/mol. The van der Waals surface area contributed by atoms with Gasteiger partial charge >= 0.3 is 0 Å². The minimum atomic E-state index is -0.0368. The molecule has 1 aromatic carbocycles. The minimum absolute atomic E-state index is 0.0368. The second-order valence-corrected chi connectivity index (χ2v) is 4.59. The van der Waals surface area contributed by atoms with Gasteiger partial charge < -0.3 is 10.1 Å². The van der Waals surface area contributed by atoms with E-state index in [0.717, 1.165) is 11.3 Å². The van der Waals surface area contributed by atoms with Crippen molar-refractivity contribution in [1.82, 2.24) is 9.97 Å². The average molecular weight is 228 g/mol. The predicted molar refractivity (Wildman–Crippen MR) is 66.6 cm³/mol. The number of aryl methyl sites for hydroxylation is 2. The zero-order chi connectivity index (χ0) is 11.7. The highest BCUT2D eigenvalue weighted by atomic mass is 16.3. The lowest BCUT2D eigenvalue weighted by Crippen LogP contribution is -2.02. The average Bonchev–Trinajstić information content (AvgIpc) is 2.87. The van der Waals surface area contributed by atoms with Gasteiger partial charge in [-0.3, -0.25) is 0 Å². The van der Waals surface area contributed by atoms with Gasteiger partial charge in [-0.1, -0.05) is 12.1 Å². The largest absolute Gasteiger partial charge is 0.388 e. The molecule has 1 heterocycles. The van der Waals surface area contributed by atoms with Crippen LogP contribution in [-0.4, -0.2) is 15.1 Å². The van der Waals surface area contributed by atoms with Crippen LogP contribution in [0.2, 0.25) is 0 Å². The van der Waals surface area contributed by atoms with Crippen LogP contribution in [0.4, 0.5) is 0 Å². The van der Waals surface area contributed by atoms with Crippen LogP contribution in [0.15, 0.2) is 24.4 Å². The van der Waals surface area contributed by atoms with E-state index in [9.17, 15) is 0 Å². The van der Waals surface area contributed by atoms with Crippen LogP contribution in [0.5, 0.6) is 0 Å². The van der Waals surface area contributed by atoms with Crippen molar-refractivity contribution in [2.75, 3.05) is 0 Å². The fourth-order valence-electron chi connectivity index (χ4n) is 2.49. The summed E-state index contributed by atoms with van der Waals surface area (Å²) in [5.74, 6) is 0.623. The lowest BCUT2D eigenvalue weighted by molar-refractivity contribution is 0.272. The number of aromatic nitrogens is 2. The molecule has 0 radical (unpaired) electrons. The van der Waals surface area contributed by atoms with Crippen molar-refractivity contribution < 1.29 is 5.11 Å². The molecular formula is C14H16N2O. The van der Waals surface area contributed by atoms with E-state index in [2.05, 4.69) is 28.2 Å². The van der Waals surface area contributed by atoms with Crippen LogP contribution < -0.4 is 0 Å². The topological polar surface area (TPSA) is 48.9 Å². The number of hydrogen-bond donors (Lipinski definition) is 2. The van der Waals surface area contributed by atoms with Crippen LogP contribution in [0.3, 0.4) is 0 Å². The number of hydrogen-bond acceptors (Lipinski definition) is 2. The molecule has 17 heavy (non-hydrogen) atoms. The third-order valence-corrected chi connectivity index (χ3v) is 3.44. The third kappa shape index (κ3) is 1.98. The summed E-state index contributed by atoms with van der Waals surface area (Å²) in [5, 5.41) is 9.00. The lowest BCUT2D eigenvalue weighted by Gasteiger charge is -2.16. The Morgan fingerprint density at radius 1 is 1.18 bits per heavy atom. The van der Waals surface area contributed by atoms with Crippen LogP contribution in [-0.2, 0) is 19.4 Å². The molecule has 0 fully saturated rings. The molecule has 0 saturated heterocycles. The van der Waals surface area contributed by atoms with Gasteiger partial charge in [-0.25, -0.2) is 4.98 Å². The van der Waals surface area contributed by atoms with E-state index in [1.54, 1.807) is 6.20 Å². The van der Waals surface area contributed by atoms with Crippen molar-refractivity contribution in [3.05, 3.63) is 41.3 Å². The highest BCUT2D eigenvalue weighted by Gasteiger charge is 2.11. The highest BCUT2D eigenvalue weighted by molar-refractivity contribution is 5.60. The molecule has 0 saturated carbocycles. The van der Waals surface area contributed by atoms with Gasteiger partial charge in [0.2, 0.25) is 0 Å². The van der Waals surface area contributed by atoms with Crippen molar-refractivity contribution in [3.63, 3.8) is 0 Å². The molecule has 0 amide bonds. The number of imidazole rings is 1. The summed E-state index contributed by atoms with van der Waals surface area (Å²) >= 11 is 0. The number of nitrogens with zero attached hydrogens (tertiary/aromatic N) is 1. The fraction of sp³-hybridized carbons (Fsp3) is 0.357. The number of aromatic amines is 1. The Bertz CT molecular complexity index is 531. The summed E-state index contributed by atoms with van der Waals surface area (Å²) in [6.45, 7) is -0.0368. The maximum absolute atomic E-state index is 9.00. The first kappa shape index (κ1) is 10.5. The molecule has 0 bridgehead atoms. The molecule has 0 aliphatic heterocycles. The van der Waals surface area contributed by atoms with Crippen LogP contribution >= 0.6 is 0 Å². The van der Waals surface area contributed by atoms with E-state index in [-0.39, 0.29) is 6.61 Å². The molecule has 1 aliphatic rings. The van der Waals surface area contributed by atoms with E-state index in [0.29, 0.717) is 5.82 Å². The first-order valence-electron chi connectivity index (χ1n) is 6.14. The van der Waals surface area contributed by atoms with Gasteiger partial charge in [-0.15, -0.1) is 0 Å². The third-order valence-electron chi connectivity index (χ3n) is 3.44. The fourth-order valence-corrected chi connectivity index (χ4v) is 2.49. The Kier molecular flexibility index (Phi) is 2.69. The van der Waals surface area contributed by atoms with Gasteiger partial charge in [-0.2, -0.15) is 0 Å². The molecule has 0 atom stereocenters. The normalized spacial score (nSPS) is 14.6. The molecule has 3 heteroatoms. The van der Waals surface area contributed by atoms with E-state index in [1.165, 1.54) is 36.8 Å². The maximum atomic E-state index is 9.00. The Morgan fingerprint density at radius 2 is 2.00 bits per heavy atom. The van der Waals surface area contributed by atoms with E-state index in [4.69, 9.17) is 5.11 Å². The summed E-state index contributed by atoms with van der Waals surface area (Å²) in [4.78, 5) is 7.24. The number of benzene rings is 1. The van der Waals surface area contributed by atoms with E-state index < -0.39 is 0 Å². The van der Waals surface area contributed by atoms with Gasteiger partial charge in [0.25, 0.3) is 0 Å². The molecule has 2 N–H and O–H groups in total. The van der Waals surface area contributed by atoms with Crippen molar-refractivity contribution in [2.24, 2.45) is 0 Å². The summed E-state index contributed by atoms with van der Waals surface area (Å²) < 4.78 is 0. The smallest absolute Gasteiger partial charge is 0.132 e. The quantitative estimate of drug-likeness (QED) is 0.829. The lowest BCUT2D eigenvalue weighted by atomic mass is 9.90. The van der Waals surface area contributed by atoms with Crippen LogP contribution in [0, 0.1) is 0 Å². The van der Waals surface area contributed by atoms with Crippen LogP contribution in [0.1, 0.15) is 29.8 Å². The Morgan fingerprint density at radius 3 is 2.76 bits per heavy atom. The van der Waals surface area contributed by atoms with Crippen molar-refractivity contribution in [3.8, 4) is 11.3 Å². The van der Waals surface area contributed by atoms with Gasteiger partial charge in [-0.05, 0) is 48.4 Å². The first-order chi connectivity index (χ1) is 8.36. The molecule has 88 valence electrons. The number of rotatable bonds is 2. The number of fused-ring (bicyclic) bond motifs is 1. The van der Waals surface area contributed by atoms with Crippen molar-refractivity contribution >= 4 is 0 Å². The van der Waals surface area contributed by atoms with Crippen molar-refractivity contribution in [1.29, 1.82) is 0 Å². The molecule has 2 aromatic rings. The Balaban J connectivity index is 1.97. The zero-order valence-corrected chi connectivity index (χ0v) is 9.74. The zero-order valence-electron chi connectivity index (χ0n) is 9.74. The molecule has 3 rings (SSSR count). The molecule has 3 nitrogen and oxygen atoms in total. The second-order valence-electron chi connectivity index (χ2n) is 4.59. The van der Waals surface area contributed by atoms with Gasteiger partial charge in [0.15, 0.2) is 0 Å². The predicted octanol–water partition coefficient (Wildman–Crippen LogP) is 2.45. The van der Waals surface area contributed by atoms with Gasteiger partial charge in [0, 0.05) is 0 Å². The standard InChI is InChI=1S/C14H16N2O/c17-9-14-15-8-13(16-14)12-6-5-10-3-1-2-4-11(10)7-12/h5-8,17H,1-4,9H2,(H,15,16). The van der Waals surface area contributed by atoms with Gasteiger partial charge in [0.1, 0.15) is 12.4 Å². The number of H-pyrrole nitrogens is 1. The summed E-state index contributed by atoms with van der Waals surface area (Å²) in [6, 6.07) is 6.62. The highest BCUT2D eigenvalue weighted by Crippen LogP contribution is 2.26. The Labute approximate surface area is 101 Å². The number of aliphatic hydroxyl groups excluding tert-OH is 1. The first-order valence-corrected chi connectivity index (χ1v) is 6.14. The van der Waals surface area contributed by atoms with E-state index >= 15 is 0 Å². The summed E-state index contributed by atoms with van der Waals surface area (Å²) in [5.41, 5.74) is 5.11. The molecule has 1 aliphatic carbocycles. The van der Waals surface area contributed by atoms with Gasteiger partial charge in [0.05, 0.1) is 11.9 Å². The molecule has 1 aromatic heterocycles. The van der Waals surface area contributed by atoms with Crippen molar-refractivity contribution in [2.45, 2.75) is 32.3 Å². The molecule has 0 unspecified atom stereocenters. The SMILES string of the molecule is OCc1ncc(-c2ccc3c(c2)CCCC3)[nH]1. The van der Waals surface area contributed by atoms with Crippen LogP contribution in [0.25, 0.3) is 11.3 Å².